The lowest BCUT2D eigenvalue weighted by Crippen LogP contribution is -2.48. The van der Waals surface area contributed by atoms with Crippen molar-refractivity contribution in [3.05, 3.63) is 143 Å². The van der Waals surface area contributed by atoms with Crippen LogP contribution in [0, 0.1) is 0 Å². The minimum atomic E-state index is -4.44. The van der Waals surface area contributed by atoms with Crippen molar-refractivity contribution in [2.75, 3.05) is 13.1 Å². The van der Waals surface area contributed by atoms with E-state index < -0.39 is 29.8 Å². The minimum Gasteiger partial charge on any atom is -0.390 e. The second kappa shape index (κ2) is 14.5. The molecule has 1 fully saturated rings. The Morgan fingerprint density at radius 2 is 1.51 bits per heavy atom. The fourth-order valence-corrected chi connectivity index (χ4v) is 5.76. The van der Waals surface area contributed by atoms with Crippen molar-refractivity contribution < 1.29 is 27.9 Å². The van der Waals surface area contributed by atoms with Crippen LogP contribution in [0.3, 0.4) is 0 Å². The van der Waals surface area contributed by atoms with Crippen LogP contribution in [-0.4, -0.2) is 47.1 Å². The molecule has 2 amide bonds. The molecule has 3 atom stereocenters. The smallest absolute Gasteiger partial charge is 0.390 e. The maximum Gasteiger partial charge on any atom is 0.416 e. The first-order chi connectivity index (χ1) is 21.7. The molecule has 5 rings (SSSR count). The first-order valence-electron chi connectivity index (χ1n) is 15.0. The van der Waals surface area contributed by atoms with Gasteiger partial charge < -0.3 is 20.6 Å². The zero-order chi connectivity index (χ0) is 31.8. The Balaban J connectivity index is 1.27. The molecule has 0 saturated carbocycles. The maximum atomic E-state index is 13.6. The van der Waals surface area contributed by atoms with Crippen LogP contribution < -0.4 is 10.6 Å². The van der Waals surface area contributed by atoms with Crippen LogP contribution in [0.4, 0.5) is 13.2 Å². The van der Waals surface area contributed by atoms with Gasteiger partial charge >= 0.3 is 6.18 Å². The number of halogens is 3. The Labute approximate surface area is 260 Å². The van der Waals surface area contributed by atoms with E-state index in [2.05, 4.69) is 10.6 Å². The summed E-state index contributed by atoms with van der Waals surface area (Å²) in [5.41, 5.74) is 2.36. The molecule has 0 aromatic heterocycles. The van der Waals surface area contributed by atoms with Gasteiger partial charge in [0.25, 0.3) is 11.8 Å². The van der Waals surface area contributed by atoms with Crippen molar-refractivity contribution in [2.45, 2.75) is 50.2 Å². The molecule has 0 radical (unpaired) electrons. The van der Waals surface area contributed by atoms with Crippen molar-refractivity contribution in [1.29, 1.82) is 0 Å². The largest absolute Gasteiger partial charge is 0.416 e. The zero-order valence-corrected chi connectivity index (χ0v) is 24.7. The molecule has 234 valence electrons. The summed E-state index contributed by atoms with van der Waals surface area (Å²) >= 11 is 0. The number of nitrogens with zero attached hydrogens (tertiary/aromatic N) is 1. The first-order valence-corrected chi connectivity index (χ1v) is 15.0. The molecule has 9 heteroatoms. The van der Waals surface area contributed by atoms with E-state index in [1.807, 2.05) is 65.6 Å². The van der Waals surface area contributed by atoms with Crippen molar-refractivity contribution >= 4 is 11.8 Å². The summed E-state index contributed by atoms with van der Waals surface area (Å²) in [5, 5.41) is 17.1. The highest BCUT2D eigenvalue weighted by Gasteiger charge is 2.32. The van der Waals surface area contributed by atoms with E-state index in [-0.39, 0.29) is 25.0 Å². The Kier molecular flexibility index (Phi) is 10.3. The molecule has 4 aromatic carbocycles. The number of hydrogen-bond donors (Lipinski definition) is 3. The number of carbonyl (C=O) groups is 2. The molecule has 0 aliphatic carbocycles. The average Bonchev–Trinajstić information content (AvgIpc) is 3.55. The lowest BCUT2D eigenvalue weighted by atomic mass is 10.00. The van der Waals surface area contributed by atoms with Gasteiger partial charge in [-0.2, -0.15) is 13.2 Å². The van der Waals surface area contributed by atoms with E-state index in [9.17, 15) is 27.9 Å². The second-order valence-corrected chi connectivity index (χ2v) is 11.3. The molecule has 1 aliphatic rings. The van der Waals surface area contributed by atoms with E-state index >= 15 is 0 Å². The van der Waals surface area contributed by atoms with Gasteiger partial charge in [-0.15, -0.1) is 0 Å². The normalized spacial score (nSPS) is 16.3. The van der Waals surface area contributed by atoms with Gasteiger partial charge in [-0.05, 0) is 60.2 Å². The highest BCUT2D eigenvalue weighted by Crippen LogP contribution is 2.33. The Morgan fingerprint density at radius 1 is 0.844 bits per heavy atom. The number of aliphatic hydroxyl groups is 1. The zero-order valence-electron chi connectivity index (χ0n) is 24.7. The van der Waals surface area contributed by atoms with E-state index in [0.29, 0.717) is 29.7 Å². The van der Waals surface area contributed by atoms with Gasteiger partial charge in [0, 0.05) is 30.8 Å². The number of nitrogens with one attached hydrogen (secondary N) is 2. The fourth-order valence-electron chi connectivity index (χ4n) is 5.76. The minimum absolute atomic E-state index is 0.0231. The molecule has 1 heterocycles. The molecule has 1 aliphatic heterocycles. The molecular formula is C36H36F3N3O3. The average molecular weight is 616 g/mol. The summed E-state index contributed by atoms with van der Waals surface area (Å²) in [6.45, 7) is 0.771. The molecule has 45 heavy (non-hydrogen) atoms. The molecule has 0 spiro atoms. The Morgan fingerprint density at radius 3 is 2.24 bits per heavy atom. The maximum absolute atomic E-state index is 13.6. The number of benzene rings is 4. The van der Waals surface area contributed by atoms with Gasteiger partial charge in [0.15, 0.2) is 0 Å². The Bertz CT molecular complexity index is 1580. The molecule has 0 unspecified atom stereocenters. The van der Waals surface area contributed by atoms with Crippen molar-refractivity contribution in [2.24, 2.45) is 0 Å². The fraction of sp³-hybridized carbons (Fsp3) is 0.278. The van der Waals surface area contributed by atoms with Crippen LogP contribution >= 0.6 is 0 Å². The van der Waals surface area contributed by atoms with Crippen molar-refractivity contribution in [3.8, 4) is 0 Å². The van der Waals surface area contributed by atoms with E-state index in [4.69, 9.17) is 0 Å². The second-order valence-electron chi connectivity index (χ2n) is 11.3. The SMILES string of the molecule is O=C(N[C@@H](Cc1ccccc1)[C@@H](O)CNCc1cccc(C(F)(F)F)c1)c1cccc(C(=O)N2CCC[C@@H]2c2ccccc2)c1. The molecule has 6 nitrogen and oxygen atoms in total. The summed E-state index contributed by atoms with van der Waals surface area (Å²) in [6.07, 6.45) is -3.41. The Hall–Kier alpha value is -4.47. The molecular weight excluding hydrogens is 579 g/mol. The van der Waals surface area contributed by atoms with Gasteiger partial charge in [-0.3, -0.25) is 9.59 Å². The third kappa shape index (κ3) is 8.38. The van der Waals surface area contributed by atoms with Crippen LogP contribution in [0.15, 0.2) is 109 Å². The predicted octanol–water partition coefficient (Wildman–Crippen LogP) is 6.17. The van der Waals surface area contributed by atoms with E-state index in [0.717, 1.165) is 36.1 Å². The molecule has 3 N–H and O–H groups in total. The van der Waals surface area contributed by atoms with Gasteiger partial charge in [0.2, 0.25) is 0 Å². The summed E-state index contributed by atoms with van der Waals surface area (Å²) in [4.78, 5) is 28.9. The number of hydrogen-bond acceptors (Lipinski definition) is 4. The van der Waals surface area contributed by atoms with Crippen molar-refractivity contribution in [1.82, 2.24) is 15.5 Å². The number of alkyl halides is 3. The van der Waals surface area contributed by atoms with Crippen molar-refractivity contribution in [3.63, 3.8) is 0 Å². The third-order valence-electron chi connectivity index (χ3n) is 8.09. The summed E-state index contributed by atoms with van der Waals surface area (Å²) in [5.74, 6) is -0.584. The number of aliphatic hydroxyl groups excluding tert-OH is 1. The van der Waals surface area contributed by atoms with E-state index in [1.54, 1.807) is 30.3 Å². The van der Waals surface area contributed by atoms with Gasteiger partial charge in [-0.1, -0.05) is 84.9 Å². The lowest BCUT2D eigenvalue weighted by molar-refractivity contribution is -0.137. The number of likely N-dealkylation sites (tertiary alicyclic amines) is 1. The lowest BCUT2D eigenvalue weighted by Gasteiger charge is -2.26. The first kappa shape index (κ1) is 31.9. The van der Waals surface area contributed by atoms with E-state index in [1.165, 1.54) is 6.07 Å². The summed E-state index contributed by atoms with van der Waals surface area (Å²) in [7, 11) is 0. The van der Waals surface area contributed by atoms with Crippen LogP contribution in [0.1, 0.15) is 61.9 Å². The predicted molar refractivity (Wildman–Crippen MR) is 166 cm³/mol. The molecule has 4 aromatic rings. The van der Waals surface area contributed by atoms with Crippen LogP contribution in [0.2, 0.25) is 0 Å². The van der Waals surface area contributed by atoms with Gasteiger partial charge in [0.1, 0.15) is 0 Å². The van der Waals surface area contributed by atoms with Crippen LogP contribution in [0.5, 0.6) is 0 Å². The monoisotopic (exact) mass is 615 g/mol. The summed E-state index contributed by atoms with van der Waals surface area (Å²) in [6, 6.07) is 30.1. The number of carbonyl (C=O) groups excluding carboxylic acids is 2. The summed E-state index contributed by atoms with van der Waals surface area (Å²) < 4.78 is 39.3. The standard InChI is InChI=1S/C36H36F3N3O3/c37-36(38,39)30-17-7-12-26(20-30)23-40-24-33(43)31(21-25-10-3-1-4-11-25)41-34(44)28-15-8-16-29(22-28)35(45)42-19-9-18-32(42)27-13-5-2-6-14-27/h1-8,10-17,20,22,31-33,40,43H,9,18-19,21,23-24H2,(H,41,44)/t31-,32+,33-/m0/s1. The van der Waals surface area contributed by atoms with Gasteiger partial charge in [-0.25, -0.2) is 0 Å². The molecule has 0 bridgehead atoms. The topological polar surface area (TPSA) is 81.7 Å². The van der Waals surface area contributed by atoms with Crippen LogP contribution in [0.25, 0.3) is 0 Å². The van der Waals surface area contributed by atoms with Crippen LogP contribution in [-0.2, 0) is 19.1 Å². The highest BCUT2D eigenvalue weighted by atomic mass is 19.4. The highest BCUT2D eigenvalue weighted by molar-refractivity contribution is 6.00. The van der Waals surface area contributed by atoms with Gasteiger partial charge in [0.05, 0.1) is 23.8 Å². The number of rotatable bonds is 11. The molecule has 1 saturated heterocycles. The third-order valence-corrected chi connectivity index (χ3v) is 8.09. The quantitative estimate of drug-likeness (QED) is 0.188. The number of amides is 2.